The van der Waals surface area contributed by atoms with Gasteiger partial charge in [0.05, 0.1) is 19.3 Å². The van der Waals surface area contributed by atoms with Crippen LogP contribution in [0.3, 0.4) is 0 Å². The first kappa shape index (κ1) is 19.7. The molecule has 1 unspecified atom stereocenters. The molecule has 1 aromatic carbocycles. The summed E-state index contributed by atoms with van der Waals surface area (Å²) in [4.78, 5) is 13.9. The quantitative estimate of drug-likeness (QED) is 0.721. The van der Waals surface area contributed by atoms with Crippen molar-refractivity contribution in [3.8, 4) is 0 Å². The second kappa shape index (κ2) is 9.74. The van der Waals surface area contributed by atoms with Gasteiger partial charge in [-0.05, 0) is 5.56 Å². The van der Waals surface area contributed by atoms with Crippen LogP contribution >= 0.6 is 0 Å². The molecule has 1 aromatic rings. The Balaban J connectivity index is 1.62. The normalized spacial score (nSPS) is 18.9. The highest BCUT2D eigenvalue weighted by Gasteiger charge is 2.27. The molecule has 1 fully saturated rings. The molecule has 0 aliphatic carbocycles. The average Bonchev–Trinajstić information content (AvgIpc) is 2.57. The predicted molar refractivity (Wildman–Crippen MR) is 86.0 cm³/mol. The van der Waals surface area contributed by atoms with Crippen LogP contribution in [0.25, 0.3) is 0 Å². The van der Waals surface area contributed by atoms with Crippen molar-refractivity contribution in [1.29, 1.82) is 0 Å². The van der Waals surface area contributed by atoms with Crippen molar-refractivity contribution in [3.63, 3.8) is 0 Å². The van der Waals surface area contributed by atoms with Gasteiger partial charge in [-0.2, -0.15) is 13.2 Å². The molecule has 140 valence electrons. The van der Waals surface area contributed by atoms with Crippen LogP contribution in [0.1, 0.15) is 12.0 Å². The second-order valence-electron chi connectivity index (χ2n) is 5.94. The van der Waals surface area contributed by atoms with Crippen LogP contribution in [0.2, 0.25) is 0 Å². The van der Waals surface area contributed by atoms with Crippen molar-refractivity contribution in [1.82, 2.24) is 10.2 Å². The van der Waals surface area contributed by atoms with E-state index in [1.54, 1.807) is 0 Å². The van der Waals surface area contributed by atoms with E-state index in [0.29, 0.717) is 19.7 Å². The van der Waals surface area contributed by atoms with E-state index in [4.69, 9.17) is 4.74 Å². The Morgan fingerprint density at radius 3 is 2.80 bits per heavy atom. The number of carbonyl (C=O) groups is 1. The second-order valence-corrected chi connectivity index (χ2v) is 5.94. The van der Waals surface area contributed by atoms with Gasteiger partial charge < -0.3 is 14.8 Å². The zero-order valence-electron chi connectivity index (χ0n) is 13.9. The third-order valence-electron chi connectivity index (χ3n) is 3.74. The maximum Gasteiger partial charge on any atom is 0.411 e. The molecule has 0 spiro atoms. The highest BCUT2D eigenvalue weighted by Crippen LogP contribution is 2.14. The number of alkyl halides is 3. The molecule has 2 rings (SSSR count). The number of benzene rings is 1. The zero-order chi connectivity index (χ0) is 18.1. The molecule has 0 aromatic heterocycles. The lowest BCUT2D eigenvalue weighted by atomic mass is 10.2. The van der Waals surface area contributed by atoms with Crippen molar-refractivity contribution in [2.45, 2.75) is 25.2 Å². The number of hydrogen-bond donors (Lipinski definition) is 1. The van der Waals surface area contributed by atoms with Gasteiger partial charge in [0.1, 0.15) is 6.61 Å². The number of carbonyl (C=O) groups excluding carboxylic acids is 1. The fraction of sp³-hybridized carbons (Fsp3) is 0.588. The molecule has 25 heavy (non-hydrogen) atoms. The topological polar surface area (TPSA) is 50.8 Å². The Hall–Kier alpha value is -1.64. The van der Waals surface area contributed by atoms with E-state index in [1.807, 2.05) is 18.2 Å². The Labute approximate surface area is 145 Å². The van der Waals surface area contributed by atoms with E-state index in [1.165, 1.54) is 5.56 Å². The maximum absolute atomic E-state index is 11.9. The van der Waals surface area contributed by atoms with Crippen molar-refractivity contribution >= 4 is 5.91 Å². The molecule has 0 saturated carbocycles. The highest BCUT2D eigenvalue weighted by atomic mass is 19.4. The lowest BCUT2D eigenvalue weighted by Crippen LogP contribution is -2.47. The molecule has 1 aliphatic heterocycles. The molecule has 0 bridgehead atoms. The highest BCUT2D eigenvalue weighted by molar-refractivity contribution is 5.75. The van der Waals surface area contributed by atoms with Crippen LogP contribution in [0.4, 0.5) is 13.2 Å². The van der Waals surface area contributed by atoms with Crippen LogP contribution in [0.15, 0.2) is 30.3 Å². The third kappa shape index (κ3) is 8.33. The minimum atomic E-state index is -4.37. The van der Waals surface area contributed by atoms with Gasteiger partial charge >= 0.3 is 6.18 Å². The molecule has 1 atom stereocenters. The van der Waals surface area contributed by atoms with Gasteiger partial charge in [-0.3, -0.25) is 9.69 Å². The maximum atomic E-state index is 11.9. The van der Waals surface area contributed by atoms with E-state index in [0.717, 1.165) is 13.1 Å². The molecular formula is C17H23F3N2O3. The fourth-order valence-electron chi connectivity index (χ4n) is 2.56. The predicted octanol–water partition coefficient (Wildman–Crippen LogP) is 1.97. The summed E-state index contributed by atoms with van der Waals surface area (Å²) < 4.78 is 45.8. The number of morpholine rings is 1. The molecule has 1 N–H and O–H groups in total. The minimum Gasteiger partial charge on any atom is -0.374 e. The number of hydrogen-bond acceptors (Lipinski definition) is 4. The van der Waals surface area contributed by atoms with Crippen molar-refractivity contribution in [2.24, 2.45) is 0 Å². The Morgan fingerprint density at radius 1 is 1.32 bits per heavy atom. The van der Waals surface area contributed by atoms with Gasteiger partial charge in [-0.1, -0.05) is 30.3 Å². The summed E-state index contributed by atoms with van der Waals surface area (Å²) in [7, 11) is 0. The zero-order valence-corrected chi connectivity index (χ0v) is 13.9. The number of ether oxygens (including phenoxy) is 2. The smallest absolute Gasteiger partial charge is 0.374 e. The van der Waals surface area contributed by atoms with Crippen LogP contribution in [-0.2, 0) is 20.8 Å². The lowest BCUT2D eigenvalue weighted by Gasteiger charge is -2.33. The van der Waals surface area contributed by atoms with Crippen LogP contribution in [0.5, 0.6) is 0 Å². The summed E-state index contributed by atoms with van der Waals surface area (Å²) >= 11 is 0. The summed E-state index contributed by atoms with van der Waals surface area (Å²) in [5.74, 6) is -0.342. The molecule has 8 heteroatoms. The van der Waals surface area contributed by atoms with Gasteiger partial charge in [0.15, 0.2) is 0 Å². The lowest BCUT2D eigenvalue weighted by molar-refractivity contribution is -0.174. The summed E-state index contributed by atoms with van der Waals surface area (Å²) in [6, 6.07) is 10.1. The summed E-state index contributed by atoms with van der Waals surface area (Å²) in [6.07, 6.45) is -4.59. The SMILES string of the molecule is O=C(CCOCC(F)(F)F)NCC1CN(Cc2ccccc2)CCO1. The van der Waals surface area contributed by atoms with E-state index in [2.05, 4.69) is 27.1 Å². The Bertz CT molecular complexity index is 526. The standard InChI is InChI=1S/C17H23F3N2O3/c18-17(19,20)13-24-8-6-16(23)21-10-15-12-22(7-9-25-15)11-14-4-2-1-3-5-14/h1-5,15H,6-13H2,(H,21,23). The third-order valence-corrected chi connectivity index (χ3v) is 3.74. The van der Waals surface area contributed by atoms with E-state index in [9.17, 15) is 18.0 Å². The van der Waals surface area contributed by atoms with E-state index >= 15 is 0 Å². The number of rotatable bonds is 8. The van der Waals surface area contributed by atoms with Gasteiger partial charge in [0, 0.05) is 32.6 Å². The molecule has 1 aliphatic rings. The first-order valence-corrected chi connectivity index (χ1v) is 8.21. The fourth-order valence-corrected chi connectivity index (χ4v) is 2.56. The van der Waals surface area contributed by atoms with Crippen LogP contribution in [-0.4, -0.2) is 62.5 Å². The van der Waals surface area contributed by atoms with Gasteiger partial charge in [-0.15, -0.1) is 0 Å². The van der Waals surface area contributed by atoms with Gasteiger partial charge in [0.2, 0.25) is 5.91 Å². The average molecular weight is 360 g/mol. The number of halogens is 3. The molecular weight excluding hydrogens is 337 g/mol. The minimum absolute atomic E-state index is 0.101. The summed E-state index contributed by atoms with van der Waals surface area (Å²) in [6.45, 7) is 1.67. The van der Waals surface area contributed by atoms with E-state index < -0.39 is 12.8 Å². The van der Waals surface area contributed by atoms with Crippen molar-refractivity contribution < 1.29 is 27.4 Å². The van der Waals surface area contributed by atoms with Gasteiger partial charge in [-0.25, -0.2) is 0 Å². The number of amides is 1. The van der Waals surface area contributed by atoms with Gasteiger partial charge in [0.25, 0.3) is 0 Å². The Morgan fingerprint density at radius 2 is 2.08 bits per heavy atom. The summed E-state index contributed by atoms with van der Waals surface area (Å²) in [5.41, 5.74) is 1.22. The van der Waals surface area contributed by atoms with Crippen LogP contribution in [0, 0.1) is 0 Å². The number of nitrogens with one attached hydrogen (secondary N) is 1. The van der Waals surface area contributed by atoms with Crippen LogP contribution < -0.4 is 5.32 Å². The molecule has 5 nitrogen and oxygen atoms in total. The monoisotopic (exact) mass is 360 g/mol. The van der Waals surface area contributed by atoms with E-state index in [-0.39, 0.29) is 25.0 Å². The molecule has 1 heterocycles. The molecule has 1 saturated heterocycles. The molecule has 1 amide bonds. The molecule has 0 radical (unpaired) electrons. The van der Waals surface area contributed by atoms with Crippen molar-refractivity contribution in [2.75, 3.05) is 39.5 Å². The number of nitrogens with zero attached hydrogens (tertiary/aromatic N) is 1. The largest absolute Gasteiger partial charge is 0.411 e. The summed E-state index contributed by atoms with van der Waals surface area (Å²) in [5, 5.41) is 2.68. The first-order valence-electron chi connectivity index (χ1n) is 8.21. The van der Waals surface area contributed by atoms with Crippen molar-refractivity contribution in [3.05, 3.63) is 35.9 Å². The first-order chi connectivity index (χ1) is 11.9. The Kier molecular flexibility index (Phi) is 7.67.